The summed E-state index contributed by atoms with van der Waals surface area (Å²) in [6.45, 7) is 0.936. The van der Waals surface area contributed by atoms with E-state index in [9.17, 15) is 9.90 Å². The smallest absolute Gasteiger partial charge is 0.335 e. The molecule has 1 saturated carbocycles. The average molecular weight is 311 g/mol. The summed E-state index contributed by atoms with van der Waals surface area (Å²) in [4.78, 5) is 11.2. The van der Waals surface area contributed by atoms with Crippen LogP contribution in [-0.4, -0.2) is 27.4 Å². The van der Waals surface area contributed by atoms with Gasteiger partial charge in [-0.15, -0.1) is 0 Å². The molecule has 120 valence electrons. The van der Waals surface area contributed by atoms with Crippen LogP contribution in [0, 0.1) is 0 Å². The van der Waals surface area contributed by atoms with Gasteiger partial charge in [-0.1, -0.05) is 25.3 Å². The van der Waals surface area contributed by atoms with Crippen LogP contribution >= 0.6 is 0 Å². The van der Waals surface area contributed by atoms with Crippen molar-refractivity contribution >= 4 is 11.8 Å². The number of hydrogen-bond donors (Lipinski definition) is 2. The molecule has 1 aromatic heterocycles. The Morgan fingerprint density at radius 3 is 2.87 bits per heavy atom. The van der Waals surface area contributed by atoms with E-state index in [1.54, 1.807) is 18.2 Å². The monoisotopic (exact) mass is 311 g/mol. The third-order valence-corrected chi connectivity index (χ3v) is 5.01. The Hall–Kier alpha value is -2.30. The molecule has 0 saturated heterocycles. The van der Waals surface area contributed by atoms with Crippen LogP contribution in [0.1, 0.15) is 59.6 Å². The van der Waals surface area contributed by atoms with Crippen LogP contribution in [0.3, 0.4) is 0 Å². The van der Waals surface area contributed by atoms with Gasteiger partial charge in [-0.2, -0.15) is 5.10 Å². The van der Waals surface area contributed by atoms with Gasteiger partial charge in [-0.3, -0.25) is 0 Å². The summed E-state index contributed by atoms with van der Waals surface area (Å²) in [5.41, 5.74) is 3.67. The Labute approximate surface area is 135 Å². The van der Waals surface area contributed by atoms with E-state index in [0.717, 1.165) is 24.5 Å². The zero-order chi connectivity index (χ0) is 15.8. The maximum Gasteiger partial charge on any atom is 0.335 e. The van der Waals surface area contributed by atoms with Crippen LogP contribution in [0.4, 0.5) is 5.82 Å². The number of anilines is 1. The first-order valence-electron chi connectivity index (χ1n) is 8.43. The van der Waals surface area contributed by atoms with E-state index in [2.05, 4.69) is 5.32 Å². The van der Waals surface area contributed by atoms with Crippen LogP contribution in [0.5, 0.6) is 0 Å². The van der Waals surface area contributed by atoms with Gasteiger partial charge in [0.2, 0.25) is 0 Å². The number of hydrogen-bond acceptors (Lipinski definition) is 3. The highest BCUT2D eigenvalue weighted by Gasteiger charge is 2.28. The van der Waals surface area contributed by atoms with Gasteiger partial charge < -0.3 is 10.4 Å². The Morgan fingerprint density at radius 1 is 1.26 bits per heavy atom. The molecule has 1 aromatic carbocycles. The first-order valence-corrected chi connectivity index (χ1v) is 8.43. The van der Waals surface area contributed by atoms with Gasteiger partial charge in [0.1, 0.15) is 5.82 Å². The van der Waals surface area contributed by atoms with Crippen molar-refractivity contribution in [3.05, 3.63) is 41.1 Å². The second kappa shape index (κ2) is 5.72. The fraction of sp³-hybridized carbons (Fsp3) is 0.444. The molecule has 0 bridgehead atoms. The first-order chi connectivity index (χ1) is 11.2. The van der Waals surface area contributed by atoms with Gasteiger partial charge in [-0.25, -0.2) is 9.48 Å². The molecular formula is C18H21N3O2. The van der Waals surface area contributed by atoms with E-state index in [1.807, 2.05) is 10.7 Å². The Bertz CT molecular complexity index is 745. The minimum absolute atomic E-state index is 0.295. The lowest BCUT2D eigenvalue weighted by molar-refractivity contribution is 0.0697. The third-order valence-electron chi connectivity index (χ3n) is 5.01. The summed E-state index contributed by atoms with van der Waals surface area (Å²) in [5, 5.41) is 17.5. The lowest BCUT2D eigenvalue weighted by Gasteiger charge is -2.20. The van der Waals surface area contributed by atoms with E-state index < -0.39 is 5.97 Å². The molecule has 0 amide bonds. The SMILES string of the molecule is O=C(O)c1cccc(-n2nc(C3CCCCC3)c3c2NCC3)c1. The molecule has 2 aliphatic rings. The average Bonchev–Trinajstić information content (AvgIpc) is 3.18. The minimum Gasteiger partial charge on any atom is -0.478 e. The summed E-state index contributed by atoms with van der Waals surface area (Å²) in [7, 11) is 0. The number of fused-ring (bicyclic) bond motifs is 1. The van der Waals surface area contributed by atoms with Crippen LogP contribution in [0.2, 0.25) is 0 Å². The largest absolute Gasteiger partial charge is 0.478 e. The summed E-state index contributed by atoms with van der Waals surface area (Å²) >= 11 is 0. The zero-order valence-electron chi connectivity index (χ0n) is 13.1. The van der Waals surface area contributed by atoms with Crippen molar-refractivity contribution < 1.29 is 9.90 Å². The number of nitrogens with zero attached hydrogens (tertiary/aromatic N) is 2. The quantitative estimate of drug-likeness (QED) is 0.909. The van der Waals surface area contributed by atoms with Crippen molar-refractivity contribution in [1.82, 2.24) is 9.78 Å². The molecule has 1 aliphatic carbocycles. The highest BCUT2D eigenvalue weighted by Crippen LogP contribution is 2.38. The Morgan fingerprint density at radius 2 is 2.09 bits per heavy atom. The Balaban J connectivity index is 1.77. The molecule has 5 heteroatoms. The molecule has 0 radical (unpaired) electrons. The van der Waals surface area contributed by atoms with Gasteiger partial charge in [0, 0.05) is 18.0 Å². The molecule has 1 aliphatic heterocycles. The predicted octanol–water partition coefficient (Wildman–Crippen LogP) is 3.59. The van der Waals surface area contributed by atoms with Gasteiger partial charge >= 0.3 is 5.97 Å². The van der Waals surface area contributed by atoms with Gasteiger partial charge in [-0.05, 0) is 37.5 Å². The third kappa shape index (κ3) is 2.50. The number of carboxylic acids is 1. The molecule has 5 nitrogen and oxygen atoms in total. The summed E-state index contributed by atoms with van der Waals surface area (Å²) < 4.78 is 1.90. The lowest BCUT2D eigenvalue weighted by Crippen LogP contribution is -2.10. The van der Waals surface area contributed by atoms with Gasteiger partial charge in [0.05, 0.1) is 16.9 Å². The highest BCUT2D eigenvalue weighted by atomic mass is 16.4. The molecule has 2 heterocycles. The van der Waals surface area contributed by atoms with E-state index in [1.165, 1.54) is 43.4 Å². The fourth-order valence-electron chi connectivity index (χ4n) is 3.86. The zero-order valence-corrected chi connectivity index (χ0v) is 13.1. The van der Waals surface area contributed by atoms with Crippen LogP contribution in [0.25, 0.3) is 5.69 Å². The number of rotatable bonds is 3. The molecule has 0 unspecified atom stereocenters. The molecule has 1 fully saturated rings. The Kier molecular flexibility index (Phi) is 3.56. The minimum atomic E-state index is -0.906. The van der Waals surface area contributed by atoms with Crippen LogP contribution in [0.15, 0.2) is 24.3 Å². The summed E-state index contributed by atoms with van der Waals surface area (Å²) in [6, 6.07) is 7.01. The van der Waals surface area contributed by atoms with Crippen LogP contribution < -0.4 is 5.32 Å². The van der Waals surface area contributed by atoms with Crippen molar-refractivity contribution in [2.75, 3.05) is 11.9 Å². The standard InChI is InChI=1S/C18H21N3O2/c22-18(23)13-7-4-8-14(11-13)21-17-15(9-10-19-17)16(20-21)12-5-2-1-3-6-12/h4,7-8,11-12,19H,1-3,5-6,9-10H2,(H,22,23). The number of carbonyl (C=O) groups is 1. The molecule has 0 spiro atoms. The van der Waals surface area contributed by atoms with E-state index in [-0.39, 0.29) is 0 Å². The molecule has 2 N–H and O–H groups in total. The molecule has 23 heavy (non-hydrogen) atoms. The number of nitrogens with one attached hydrogen (secondary N) is 1. The normalized spacial score (nSPS) is 17.7. The maximum absolute atomic E-state index is 11.2. The second-order valence-corrected chi connectivity index (χ2v) is 6.49. The first kappa shape index (κ1) is 14.3. The van der Waals surface area contributed by atoms with Crippen LogP contribution in [-0.2, 0) is 6.42 Å². The molecule has 4 rings (SSSR count). The van der Waals surface area contributed by atoms with Crippen molar-refractivity contribution in [2.24, 2.45) is 0 Å². The highest BCUT2D eigenvalue weighted by molar-refractivity contribution is 5.88. The summed E-state index contributed by atoms with van der Waals surface area (Å²) in [6.07, 6.45) is 7.36. The van der Waals surface area contributed by atoms with Crippen molar-refractivity contribution in [2.45, 2.75) is 44.4 Å². The van der Waals surface area contributed by atoms with E-state index >= 15 is 0 Å². The van der Waals surface area contributed by atoms with Crippen molar-refractivity contribution in [3.63, 3.8) is 0 Å². The second-order valence-electron chi connectivity index (χ2n) is 6.49. The lowest BCUT2D eigenvalue weighted by atomic mass is 9.85. The topological polar surface area (TPSA) is 67.1 Å². The van der Waals surface area contributed by atoms with Crippen molar-refractivity contribution in [1.29, 1.82) is 0 Å². The molecule has 0 atom stereocenters. The number of aromatic nitrogens is 2. The predicted molar refractivity (Wildman–Crippen MR) is 88.5 cm³/mol. The van der Waals surface area contributed by atoms with Crippen molar-refractivity contribution in [3.8, 4) is 5.69 Å². The maximum atomic E-state index is 11.2. The fourth-order valence-corrected chi connectivity index (χ4v) is 3.86. The number of aromatic carboxylic acids is 1. The number of carboxylic acid groups (broad SMARTS) is 1. The molecular weight excluding hydrogens is 290 g/mol. The van der Waals surface area contributed by atoms with Gasteiger partial charge in [0.25, 0.3) is 0 Å². The molecule has 2 aromatic rings. The number of benzene rings is 1. The van der Waals surface area contributed by atoms with Gasteiger partial charge in [0.15, 0.2) is 0 Å². The van der Waals surface area contributed by atoms with E-state index in [0.29, 0.717) is 11.5 Å². The van der Waals surface area contributed by atoms with E-state index in [4.69, 9.17) is 5.10 Å². The summed E-state index contributed by atoms with van der Waals surface area (Å²) in [5.74, 6) is 0.700.